The molecule has 0 aromatic carbocycles. The van der Waals surface area contributed by atoms with Crippen LogP contribution in [-0.4, -0.2) is 39.2 Å². The molecule has 0 aliphatic rings. The Hall–Kier alpha value is -2.97. The fraction of sp³-hybridized carbons (Fsp3) is 0.250. The molecule has 9 heteroatoms. The molecule has 0 unspecified atom stereocenters. The first kappa shape index (κ1) is 14.4. The molecule has 0 bridgehead atoms. The molecule has 110 valence electrons. The van der Waals surface area contributed by atoms with Gasteiger partial charge in [-0.1, -0.05) is 0 Å². The lowest BCUT2D eigenvalue weighted by Gasteiger charge is -2.06. The van der Waals surface area contributed by atoms with Crippen molar-refractivity contribution < 1.29 is 9.72 Å². The molecule has 0 aliphatic heterocycles. The van der Waals surface area contributed by atoms with E-state index < -0.39 is 4.92 Å². The van der Waals surface area contributed by atoms with Crippen LogP contribution in [0.4, 0.5) is 11.5 Å². The summed E-state index contributed by atoms with van der Waals surface area (Å²) < 4.78 is 1.21. The van der Waals surface area contributed by atoms with E-state index in [0.29, 0.717) is 12.4 Å². The van der Waals surface area contributed by atoms with Gasteiger partial charge in [0.15, 0.2) is 5.69 Å². The van der Waals surface area contributed by atoms with Crippen molar-refractivity contribution in [2.24, 2.45) is 0 Å². The zero-order chi connectivity index (χ0) is 15.4. The second-order valence-corrected chi connectivity index (χ2v) is 4.05. The molecule has 2 aromatic rings. The van der Waals surface area contributed by atoms with Crippen LogP contribution in [0, 0.1) is 10.1 Å². The smallest absolute Gasteiger partial charge is 0.313 e. The Morgan fingerprint density at radius 1 is 1.43 bits per heavy atom. The van der Waals surface area contributed by atoms with Crippen molar-refractivity contribution in [1.29, 1.82) is 0 Å². The number of rotatable bonds is 5. The van der Waals surface area contributed by atoms with Gasteiger partial charge in [0.1, 0.15) is 5.82 Å². The van der Waals surface area contributed by atoms with E-state index in [1.807, 2.05) is 6.92 Å². The molecule has 0 saturated heterocycles. The van der Waals surface area contributed by atoms with E-state index in [4.69, 9.17) is 0 Å². The highest BCUT2D eigenvalue weighted by Crippen LogP contribution is 2.22. The third-order valence-electron chi connectivity index (χ3n) is 2.67. The van der Waals surface area contributed by atoms with Gasteiger partial charge in [-0.05, 0) is 19.1 Å². The van der Waals surface area contributed by atoms with Crippen LogP contribution in [0.15, 0.2) is 24.4 Å². The van der Waals surface area contributed by atoms with E-state index in [1.54, 1.807) is 0 Å². The second-order valence-electron chi connectivity index (χ2n) is 4.05. The number of nitrogens with zero attached hydrogens (tertiary/aromatic N) is 4. The predicted molar refractivity (Wildman–Crippen MR) is 75.6 cm³/mol. The maximum absolute atomic E-state index is 11.5. The van der Waals surface area contributed by atoms with Crippen LogP contribution < -0.4 is 10.6 Å². The van der Waals surface area contributed by atoms with Crippen LogP contribution in [0.25, 0.3) is 5.82 Å². The van der Waals surface area contributed by atoms with Gasteiger partial charge in [-0.25, -0.2) is 9.67 Å². The summed E-state index contributed by atoms with van der Waals surface area (Å²) >= 11 is 0. The van der Waals surface area contributed by atoms with Gasteiger partial charge in [0.05, 0.1) is 4.92 Å². The van der Waals surface area contributed by atoms with Crippen LogP contribution in [0.2, 0.25) is 0 Å². The molecular weight excluding hydrogens is 276 g/mol. The predicted octanol–water partition coefficient (Wildman–Crippen LogP) is 0.967. The maximum atomic E-state index is 11.5. The molecule has 2 N–H and O–H groups in total. The van der Waals surface area contributed by atoms with Crippen LogP contribution in [0.5, 0.6) is 0 Å². The SMILES string of the molecule is CCNc1ccc([N+](=O)[O-])c(-n2ccc(C(=O)NC)n2)n1. The quantitative estimate of drug-likeness (QED) is 0.626. The Bertz CT molecular complexity index is 681. The number of hydrogen-bond acceptors (Lipinski definition) is 6. The van der Waals surface area contributed by atoms with Gasteiger partial charge in [-0.3, -0.25) is 14.9 Å². The first-order chi connectivity index (χ1) is 10.1. The molecule has 2 heterocycles. The van der Waals surface area contributed by atoms with Crippen molar-refractivity contribution >= 4 is 17.4 Å². The third kappa shape index (κ3) is 2.96. The molecular formula is C12H14N6O3. The van der Waals surface area contributed by atoms with E-state index in [0.717, 1.165) is 0 Å². The number of carbonyl (C=O) groups excluding carboxylic acids is 1. The molecule has 21 heavy (non-hydrogen) atoms. The summed E-state index contributed by atoms with van der Waals surface area (Å²) in [5, 5.41) is 20.5. The van der Waals surface area contributed by atoms with Gasteiger partial charge in [-0.15, -0.1) is 0 Å². The van der Waals surface area contributed by atoms with E-state index in [-0.39, 0.29) is 23.1 Å². The first-order valence-corrected chi connectivity index (χ1v) is 6.24. The van der Waals surface area contributed by atoms with E-state index in [1.165, 1.54) is 36.1 Å². The Morgan fingerprint density at radius 2 is 2.19 bits per heavy atom. The topological polar surface area (TPSA) is 115 Å². The Kier molecular flexibility index (Phi) is 4.12. The summed E-state index contributed by atoms with van der Waals surface area (Å²) in [5.41, 5.74) is -0.0364. The number of aromatic nitrogens is 3. The highest BCUT2D eigenvalue weighted by molar-refractivity contribution is 5.91. The largest absolute Gasteiger partial charge is 0.370 e. The Balaban J connectivity index is 2.49. The minimum atomic E-state index is -0.542. The molecule has 0 atom stereocenters. The van der Waals surface area contributed by atoms with Crippen molar-refractivity contribution in [2.75, 3.05) is 18.9 Å². The summed E-state index contributed by atoms with van der Waals surface area (Å²) in [6, 6.07) is 4.33. The normalized spacial score (nSPS) is 10.2. The molecule has 0 saturated carbocycles. The number of anilines is 1. The lowest BCUT2D eigenvalue weighted by Crippen LogP contribution is -2.18. The summed E-state index contributed by atoms with van der Waals surface area (Å²) in [6.07, 6.45) is 1.45. The lowest BCUT2D eigenvalue weighted by molar-refractivity contribution is -0.384. The van der Waals surface area contributed by atoms with Crippen molar-refractivity contribution in [1.82, 2.24) is 20.1 Å². The van der Waals surface area contributed by atoms with Crippen LogP contribution in [-0.2, 0) is 0 Å². The van der Waals surface area contributed by atoms with Gasteiger partial charge in [0.25, 0.3) is 5.91 Å². The number of carbonyl (C=O) groups is 1. The summed E-state index contributed by atoms with van der Waals surface area (Å²) in [7, 11) is 1.48. The zero-order valence-electron chi connectivity index (χ0n) is 11.5. The molecule has 1 amide bonds. The van der Waals surface area contributed by atoms with Gasteiger partial charge < -0.3 is 10.6 Å². The van der Waals surface area contributed by atoms with Crippen LogP contribution in [0.3, 0.4) is 0 Å². The van der Waals surface area contributed by atoms with Crippen LogP contribution >= 0.6 is 0 Å². The molecule has 0 aliphatic carbocycles. The van der Waals surface area contributed by atoms with Crippen molar-refractivity contribution in [3.8, 4) is 5.82 Å². The van der Waals surface area contributed by atoms with Gasteiger partial charge >= 0.3 is 5.69 Å². The van der Waals surface area contributed by atoms with E-state index in [2.05, 4.69) is 20.7 Å². The standard InChI is InChI=1S/C12H14N6O3/c1-3-14-10-5-4-9(18(20)21)11(15-10)17-7-6-8(16-17)12(19)13-2/h4-7H,3H2,1-2H3,(H,13,19)(H,14,15). The number of nitrogens with one attached hydrogen (secondary N) is 2. The van der Waals surface area contributed by atoms with E-state index >= 15 is 0 Å². The molecule has 0 fully saturated rings. The summed E-state index contributed by atoms with van der Waals surface area (Å²) in [5.74, 6) is 0.169. The minimum absolute atomic E-state index is 0.0496. The number of pyridine rings is 1. The fourth-order valence-electron chi connectivity index (χ4n) is 1.72. The van der Waals surface area contributed by atoms with E-state index in [9.17, 15) is 14.9 Å². The van der Waals surface area contributed by atoms with Gasteiger partial charge in [-0.2, -0.15) is 5.10 Å². The van der Waals surface area contributed by atoms with Gasteiger partial charge in [0.2, 0.25) is 5.82 Å². The number of hydrogen-bond donors (Lipinski definition) is 2. The number of nitro groups is 1. The summed E-state index contributed by atoms with van der Waals surface area (Å²) in [6.45, 7) is 2.52. The molecule has 0 spiro atoms. The monoisotopic (exact) mass is 290 g/mol. The van der Waals surface area contributed by atoms with Crippen molar-refractivity contribution in [2.45, 2.75) is 6.92 Å². The highest BCUT2D eigenvalue weighted by Gasteiger charge is 2.19. The minimum Gasteiger partial charge on any atom is -0.370 e. The zero-order valence-corrected chi connectivity index (χ0v) is 11.5. The summed E-state index contributed by atoms with van der Waals surface area (Å²) in [4.78, 5) is 26.2. The Morgan fingerprint density at radius 3 is 2.81 bits per heavy atom. The number of amides is 1. The second kappa shape index (κ2) is 5.99. The van der Waals surface area contributed by atoms with Gasteiger partial charge in [0, 0.05) is 25.9 Å². The lowest BCUT2D eigenvalue weighted by atomic mass is 10.3. The van der Waals surface area contributed by atoms with Crippen molar-refractivity contribution in [3.05, 3.63) is 40.2 Å². The third-order valence-corrected chi connectivity index (χ3v) is 2.67. The molecule has 2 rings (SSSR count). The van der Waals surface area contributed by atoms with Crippen LogP contribution in [0.1, 0.15) is 17.4 Å². The first-order valence-electron chi connectivity index (χ1n) is 6.24. The Labute approximate surface area is 120 Å². The maximum Gasteiger partial charge on any atom is 0.313 e. The molecule has 9 nitrogen and oxygen atoms in total. The average Bonchev–Trinajstić information content (AvgIpc) is 2.96. The highest BCUT2D eigenvalue weighted by atomic mass is 16.6. The molecule has 2 aromatic heterocycles. The molecule has 0 radical (unpaired) electrons. The average molecular weight is 290 g/mol. The van der Waals surface area contributed by atoms with Crippen molar-refractivity contribution in [3.63, 3.8) is 0 Å². The fourth-order valence-corrected chi connectivity index (χ4v) is 1.72.